The number of esters is 2. The number of allylic oxidation sites excluding steroid dienone is 1. The van der Waals surface area contributed by atoms with Crippen LogP contribution in [0.25, 0.3) is 0 Å². The first-order chi connectivity index (χ1) is 11.0. The van der Waals surface area contributed by atoms with Crippen LogP contribution < -0.4 is 0 Å². The molecule has 0 fully saturated rings. The molecule has 0 saturated carbocycles. The fourth-order valence-corrected chi connectivity index (χ4v) is 2.19. The van der Waals surface area contributed by atoms with Crippen molar-refractivity contribution < 1.29 is 27.8 Å². The average Bonchev–Trinajstić information content (AvgIpc) is 2.57. The minimum atomic E-state index is -1.77. The molecule has 0 aliphatic heterocycles. The molecule has 0 radical (unpaired) electrons. The molecular formula is C17H20F2O4. The summed E-state index contributed by atoms with van der Waals surface area (Å²) in [6.45, 7) is 0. The summed E-state index contributed by atoms with van der Waals surface area (Å²) in [6, 6.07) is 9.26. The predicted octanol–water partition coefficient (Wildman–Crippen LogP) is 3.51. The van der Waals surface area contributed by atoms with Crippen LogP contribution in [0.3, 0.4) is 0 Å². The molecule has 1 rings (SSSR count). The molecule has 0 amide bonds. The van der Waals surface area contributed by atoms with E-state index in [0.29, 0.717) is 6.42 Å². The molecule has 0 aliphatic rings. The maximum Gasteiger partial charge on any atom is 0.320 e. The largest absolute Gasteiger partial charge is 0.468 e. The number of methoxy groups -OCH3 is 2. The van der Waals surface area contributed by atoms with E-state index in [1.165, 1.54) is 0 Å². The Morgan fingerprint density at radius 1 is 1.00 bits per heavy atom. The lowest BCUT2D eigenvalue weighted by molar-refractivity contribution is -0.159. The summed E-state index contributed by atoms with van der Waals surface area (Å²) in [5.74, 6) is -2.74. The van der Waals surface area contributed by atoms with Crippen molar-refractivity contribution in [2.75, 3.05) is 14.2 Å². The Morgan fingerprint density at radius 3 is 2.04 bits per heavy atom. The summed E-state index contributed by atoms with van der Waals surface area (Å²) in [5, 5.41) is 0. The quantitative estimate of drug-likeness (QED) is 0.542. The van der Waals surface area contributed by atoms with Gasteiger partial charge in [-0.25, -0.2) is 0 Å². The summed E-state index contributed by atoms with van der Waals surface area (Å²) in [6.07, 6.45) is -1.27. The maximum absolute atomic E-state index is 13.1. The number of rotatable bonds is 8. The van der Waals surface area contributed by atoms with Crippen LogP contribution in [0.15, 0.2) is 42.0 Å². The Bertz CT molecular complexity index is 535. The van der Waals surface area contributed by atoms with E-state index in [2.05, 4.69) is 9.47 Å². The Balaban J connectivity index is 2.67. The van der Waals surface area contributed by atoms with Crippen molar-refractivity contribution >= 4 is 11.9 Å². The minimum absolute atomic E-state index is 0.0633. The average molecular weight is 326 g/mol. The summed E-state index contributed by atoms with van der Waals surface area (Å²) >= 11 is 0. The van der Waals surface area contributed by atoms with E-state index in [1.807, 2.05) is 30.3 Å². The van der Waals surface area contributed by atoms with Crippen LogP contribution in [0.5, 0.6) is 0 Å². The summed E-state index contributed by atoms with van der Waals surface area (Å²) in [7, 11) is 2.28. The van der Waals surface area contributed by atoms with Crippen molar-refractivity contribution in [2.24, 2.45) is 5.92 Å². The topological polar surface area (TPSA) is 52.6 Å². The second-order valence-corrected chi connectivity index (χ2v) is 4.99. The molecule has 23 heavy (non-hydrogen) atoms. The van der Waals surface area contributed by atoms with Crippen LogP contribution in [0, 0.1) is 5.92 Å². The molecule has 0 aromatic heterocycles. The van der Waals surface area contributed by atoms with Crippen LogP contribution in [0.1, 0.15) is 24.8 Å². The predicted molar refractivity (Wildman–Crippen MR) is 80.8 cm³/mol. The standard InChI is InChI=1S/C17H20F2O4/c1-22-16(20)14(17(21)23-2)11-10-13(15(18)19)9-8-12-6-4-3-5-7-12/h3-7,14H,8-11H2,1-2H3. The van der Waals surface area contributed by atoms with Gasteiger partial charge in [0.25, 0.3) is 6.08 Å². The van der Waals surface area contributed by atoms with Gasteiger partial charge in [0.15, 0.2) is 5.92 Å². The molecule has 4 nitrogen and oxygen atoms in total. The molecule has 0 bridgehead atoms. The molecule has 0 N–H and O–H groups in total. The monoisotopic (exact) mass is 326 g/mol. The lowest BCUT2D eigenvalue weighted by atomic mass is 9.96. The third-order valence-electron chi connectivity index (χ3n) is 3.53. The number of hydrogen-bond acceptors (Lipinski definition) is 4. The molecule has 126 valence electrons. The smallest absolute Gasteiger partial charge is 0.320 e. The SMILES string of the molecule is COC(=O)C(CCC(CCc1ccccc1)=C(F)F)C(=O)OC. The van der Waals surface area contributed by atoms with E-state index < -0.39 is 23.9 Å². The molecule has 0 heterocycles. The minimum Gasteiger partial charge on any atom is -0.468 e. The summed E-state index contributed by atoms with van der Waals surface area (Å²) in [5.41, 5.74) is 0.885. The molecule has 6 heteroatoms. The van der Waals surface area contributed by atoms with Gasteiger partial charge in [0.2, 0.25) is 0 Å². The van der Waals surface area contributed by atoms with Gasteiger partial charge in [-0.1, -0.05) is 30.3 Å². The van der Waals surface area contributed by atoms with Gasteiger partial charge in [-0.05, 0) is 36.8 Å². The number of benzene rings is 1. The Labute approximate surface area is 134 Å². The van der Waals surface area contributed by atoms with Gasteiger partial charge in [-0.15, -0.1) is 0 Å². The van der Waals surface area contributed by atoms with Crippen LogP contribution in [-0.2, 0) is 25.5 Å². The van der Waals surface area contributed by atoms with Crippen LogP contribution in [0.2, 0.25) is 0 Å². The number of halogens is 2. The van der Waals surface area contributed by atoms with E-state index in [4.69, 9.17) is 0 Å². The first kappa shape index (κ1) is 18.8. The lowest BCUT2D eigenvalue weighted by Gasteiger charge is -2.13. The molecule has 0 atom stereocenters. The van der Waals surface area contributed by atoms with Gasteiger partial charge < -0.3 is 9.47 Å². The van der Waals surface area contributed by atoms with Gasteiger partial charge in [-0.2, -0.15) is 8.78 Å². The third kappa shape index (κ3) is 6.18. The molecule has 0 spiro atoms. The fraction of sp³-hybridized carbons (Fsp3) is 0.412. The van der Waals surface area contributed by atoms with E-state index in [-0.39, 0.29) is 24.8 Å². The molecule has 0 unspecified atom stereocenters. The van der Waals surface area contributed by atoms with Crippen LogP contribution in [-0.4, -0.2) is 26.2 Å². The lowest BCUT2D eigenvalue weighted by Crippen LogP contribution is -2.26. The van der Waals surface area contributed by atoms with E-state index >= 15 is 0 Å². The second kappa shape index (κ2) is 9.71. The Kier molecular flexibility index (Phi) is 7.94. The first-order valence-corrected chi connectivity index (χ1v) is 7.22. The molecule has 1 aromatic carbocycles. The summed E-state index contributed by atoms with van der Waals surface area (Å²) in [4.78, 5) is 23.1. The normalized spacial score (nSPS) is 10.3. The highest BCUT2D eigenvalue weighted by molar-refractivity contribution is 5.94. The van der Waals surface area contributed by atoms with Crippen molar-refractivity contribution in [1.82, 2.24) is 0 Å². The van der Waals surface area contributed by atoms with Gasteiger partial charge in [-0.3, -0.25) is 9.59 Å². The van der Waals surface area contributed by atoms with Gasteiger partial charge in [0.05, 0.1) is 14.2 Å². The molecule has 0 saturated heterocycles. The number of carbonyl (C=O) groups excluding carboxylic acids is 2. The van der Waals surface area contributed by atoms with Crippen LogP contribution >= 0.6 is 0 Å². The summed E-state index contributed by atoms with van der Waals surface area (Å²) < 4.78 is 35.2. The zero-order valence-corrected chi connectivity index (χ0v) is 13.2. The second-order valence-electron chi connectivity index (χ2n) is 4.99. The number of hydrogen-bond donors (Lipinski definition) is 0. The van der Waals surface area contributed by atoms with Crippen molar-refractivity contribution in [3.05, 3.63) is 47.5 Å². The van der Waals surface area contributed by atoms with Crippen molar-refractivity contribution in [2.45, 2.75) is 25.7 Å². The van der Waals surface area contributed by atoms with E-state index in [9.17, 15) is 18.4 Å². The Morgan fingerprint density at radius 2 is 1.57 bits per heavy atom. The van der Waals surface area contributed by atoms with Crippen molar-refractivity contribution in [1.29, 1.82) is 0 Å². The zero-order valence-electron chi connectivity index (χ0n) is 13.2. The number of aryl methyl sites for hydroxylation is 1. The molecule has 0 aliphatic carbocycles. The van der Waals surface area contributed by atoms with Gasteiger partial charge in [0, 0.05) is 0 Å². The van der Waals surface area contributed by atoms with Crippen molar-refractivity contribution in [3.63, 3.8) is 0 Å². The Hall–Kier alpha value is -2.24. The van der Waals surface area contributed by atoms with Gasteiger partial charge in [0.1, 0.15) is 0 Å². The fourth-order valence-electron chi connectivity index (χ4n) is 2.19. The highest BCUT2D eigenvalue weighted by atomic mass is 19.3. The molecular weight excluding hydrogens is 306 g/mol. The first-order valence-electron chi connectivity index (χ1n) is 7.22. The maximum atomic E-state index is 13.1. The van der Waals surface area contributed by atoms with Crippen LogP contribution in [0.4, 0.5) is 8.78 Å². The van der Waals surface area contributed by atoms with E-state index in [0.717, 1.165) is 19.8 Å². The molecule has 1 aromatic rings. The highest BCUT2D eigenvalue weighted by Crippen LogP contribution is 2.23. The third-order valence-corrected chi connectivity index (χ3v) is 3.53. The van der Waals surface area contributed by atoms with E-state index in [1.54, 1.807) is 0 Å². The highest BCUT2D eigenvalue weighted by Gasteiger charge is 2.28. The zero-order chi connectivity index (χ0) is 17.2. The van der Waals surface area contributed by atoms with Gasteiger partial charge >= 0.3 is 11.9 Å². The number of ether oxygens (including phenoxy) is 2. The van der Waals surface area contributed by atoms with Crippen molar-refractivity contribution in [3.8, 4) is 0 Å². The number of carbonyl (C=O) groups is 2.